The van der Waals surface area contributed by atoms with Crippen molar-refractivity contribution < 1.29 is 18.7 Å². The molecule has 2 aromatic rings. The van der Waals surface area contributed by atoms with E-state index in [4.69, 9.17) is 14.1 Å². The molecule has 2 aliphatic rings. The molecular formula is C25H27NO4. The molecule has 1 aromatic carbocycles. The first-order chi connectivity index (χ1) is 14.6. The molecule has 4 rings (SSSR count). The van der Waals surface area contributed by atoms with Gasteiger partial charge in [-0.05, 0) is 43.4 Å². The molecule has 0 saturated carbocycles. The van der Waals surface area contributed by atoms with E-state index in [-0.39, 0.29) is 17.7 Å². The van der Waals surface area contributed by atoms with E-state index in [0.29, 0.717) is 36.5 Å². The monoisotopic (exact) mass is 405 g/mol. The number of aliphatic imine (C=N–C) groups is 1. The molecule has 0 bridgehead atoms. The zero-order valence-corrected chi connectivity index (χ0v) is 17.5. The van der Waals surface area contributed by atoms with Crippen LogP contribution in [0.15, 0.2) is 69.4 Å². The first-order valence-electron chi connectivity index (χ1n) is 10.7. The van der Waals surface area contributed by atoms with Crippen molar-refractivity contribution in [2.45, 2.75) is 51.4 Å². The zero-order chi connectivity index (χ0) is 21.1. The summed E-state index contributed by atoms with van der Waals surface area (Å²) in [6.45, 7) is 4.27. The second-order valence-corrected chi connectivity index (χ2v) is 8.04. The lowest BCUT2D eigenvalue weighted by atomic mass is 9.71. The molecule has 1 unspecified atom stereocenters. The summed E-state index contributed by atoms with van der Waals surface area (Å²) in [6, 6.07) is 13.7. The Labute approximate surface area is 176 Å². The first kappa shape index (κ1) is 20.3. The fraction of sp³-hybridized carbons (Fsp3) is 0.400. The van der Waals surface area contributed by atoms with Gasteiger partial charge in [0, 0.05) is 23.4 Å². The minimum Gasteiger partial charge on any atom is -0.469 e. The highest BCUT2D eigenvalue weighted by molar-refractivity contribution is 6.09. The van der Waals surface area contributed by atoms with E-state index in [2.05, 4.69) is 12.1 Å². The predicted molar refractivity (Wildman–Crippen MR) is 114 cm³/mol. The maximum atomic E-state index is 13.3. The second kappa shape index (κ2) is 8.82. The van der Waals surface area contributed by atoms with Crippen LogP contribution in [0.1, 0.15) is 62.7 Å². The van der Waals surface area contributed by atoms with Gasteiger partial charge in [-0.25, -0.2) is 0 Å². The maximum Gasteiger partial charge on any atom is 0.315 e. The molecule has 1 aliphatic carbocycles. The van der Waals surface area contributed by atoms with Gasteiger partial charge in [0.2, 0.25) is 0 Å². The van der Waals surface area contributed by atoms with Crippen molar-refractivity contribution in [3.05, 3.63) is 71.3 Å². The topological polar surface area (TPSA) is 68.9 Å². The summed E-state index contributed by atoms with van der Waals surface area (Å²) in [5.41, 5.74) is 3.20. The molecule has 2 heterocycles. The van der Waals surface area contributed by atoms with Crippen molar-refractivity contribution >= 4 is 17.5 Å². The van der Waals surface area contributed by atoms with Crippen LogP contribution in [-0.4, -0.2) is 24.1 Å². The van der Waals surface area contributed by atoms with Crippen LogP contribution in [0.25, 0.3) is 0 Å². The average molecular weight is 405 g/mol. The number of Topliss-reactive ketones (excluding diaryl/α,β-unsaturated/α-hetero) is 1. The van der Waals surface area contributed by atoms with Crippen LogP contribution in [0.2, 0.25) is 0 Å². The lowest BCUT2D eigenvalue weighted by Gasteiger charge is -2.35. The lowest BCUT2D eigenvalue weighted by molar-refractivity contribution is -0.146. The summed E-state index contributed by atoms with van der Waals surface area (Å²) in [7, 11) is 0. The SMILES string of the molecule is CCCCOC(=O)C1C(C)=NC2=C(C(=O)C[C@H](c3ccccc3)C2)[C@H]1c1ccco1. The van der Waals surface area contributed by atoms with Gasteiger partial charge < -0.3 is 9.15 Å². The third-order valence-corrected chi connectivity index (χ3v) is 6.01. The third kappa shape index (κ3) is 3.89. The summed E-state index contributed by atoms with van der Waals surface area (Å²) in [6.07, 6.45) is 4.42. The van der Waals surface area contributed by atoms with Crippen molar-refractivity contribution in [2.24, 2.45) is 10.9 Å². The number of hydrogen-bond acceptors (Lipinski definition) is 5. The molecule has 1 aromatic heterocycles. The number of ether oxygens (including phenoxy) is 1. The third-order valence-electron chi connectivity index (χ3n) is 6.01. The van der Waals surface area contributed by atoms with E-state index in [1.807, 2.05) is 38.1 Å². The highest BCUT2D eigenvalue weighted by Crippen LogP contribution is 2.46. The van der Waals surface area contributed by atoms with Gasteiger partial charge >= 0.3 is 5.97 Å². The van der Waals surface area contributed by atoms with Gasteiger partial charge in [-0.15, -0.1) is 0 Å². The number of furan rings is 1. The number of rotatable bonds is 6. The standard InChI is InChI=1S/C25H27NO4/c1-3-4-12-30-25(28)22-16(2)26-19-14-18(17-9-6-5-7-10-17)15-20(27)23(19)24(22)21-11-8-13-29-21/h5-11,13,18,22,24H,3-4,12,14-15H2,1-2H3/t18-,22?,24+/m1/s1. The highest BCUT2D eigenvalue weighted by atomic mass is 16.5. The van der Waals surface area contributed by atoms with Gasteiger partial charge in [0.1, 0.15) is 11.7 Å². The van der Waals surface area contributed by atoms with Crippen molar-refractivity contribution in [1.29, 1.82) is 0 Å². The van der Waals surface area contributed by atoms with Crippen LogP contribution in [-0.2, 0) is 14.3 Å². The Hall–Kier alpha value is -2.95. The summed E-state index contributed by atoms with van der Waals surface area (Å²) >= 11 is 0. The highest BCUT2D eigenvalue weighted by Gasteiger charge is 2.46. The summed E-state index contributed by atoms with van der Waals surface area (Å²) < 4.78 is 11.2. The van der Waals surface area contributed by atoms with E-state index in [9.17, 15) is 9.59 Å². The normalized spacial score (nSPS) is 23.7. The van der Waals surface area contributed by atoms with Crippen LogP contribution in [0.4, 0.5) is 0 Å². The molecule has 3 atom stereocenters. The Bertz CT molecular complexity index is 972. The van der Waals surface area contributed by atoms with Crippen LogP contribution in [0.3, 0.4) is 0 Å². The number of unbranched alkanes of at least 4 members (excludes halogenated alkanes) is 1. The van der Waals surface area contributed by atoms with Gasteiger partial charge in [0.05, 0.1) is 18.8 Å². The second-order valence-electron chi connectivity index (χ2n) is 8.04. The molecule has 0 radical (unpaired) electrons. The number of hydrogen-bond donors (Lipinski definition) is 0. The number of nitrogens with zero attached hydrogens (tertiary/aromatic N) is 1. The van der Waals surface area contributed by atoms with E-state index >= 15 is 0 Å². The largest absolute Gasteiger partial charge is 0.469 e. The van der Waals surface area contributed by atoms with Gasteiger partial charge in [-0.2, -0.15) is 0 Å². The summed E-state index contributed by atoms with van der Waals surface area (Å²) in [4.78, 5) is 31.1. The van der Waals surface area contributed by atoms with E-state index in [1.54, 1.807) is 12.3 Å². The Morgan fingerprint density at radius 1 is 1.17 bits per heavy atom. The molecule has 0 N–H and O–H groups in total. The maximum absolute atomic E-state index is 13.3. The molecular weight excluding hydrogens is 378 g/mol. The van der Waals surface area contributed by atoms with Crippen molar-refractivity contribution in [1.82, 2.24) is 0 Å². The number of benzene rings is 1. The molecule has 0 spiro atoms. The van der Waals surface area contributed by atoms with Crippen LogP contribution < -0.4 is 0 Å². The quantitative estimate of drug-likeness (QED) is 0.489. The van der Waals surface area contributed by atoms with Crippen LogP contribution in [0, 0.1) is 5.92 Å². The van der Waals surface area contributed by atoms with Gasteiger partial charge in [-0.1, -0.05) is 43.7 Å². The molecule has 156 valence electrons. The van der Waals surface area contributed by atoms with E-state index in [1.165, 1.54) is 0 Å². The predicted octanol–water partition coefficient (Wildman–Crippen LogP) is 5.20. The number of ketones is 1. The van der Waals surface area contributed by atoms with E-state index in [0.717, 1.165) is 24.1 Å². The van der Waals surface area contributed by atoms with Crippen molar-refractivity contribution in [3.63, 3.8) is 0 Å². The number of esters is 1. The van der Waals surface area contributed by atoms with Crippen molar-refractivity contribution in [3.8, 4) is 0 Å². The Kier molecular flexibility index (Phi) is 5.98. The molecule has 5 nitrogen and oxygen atoms in total. The Morgan fingerprint density at radius 3 is 2.67 bits per heavy atom. The molecule has 0 fully saturated rings. The minimum absolute atomic E-state index is 0.0362. The lowest BCUT2D eigenvalue weighted by Crippen LogP contribution is -2.38. The van der Waals surface area contributed by atoms with Gasteiger partial charge in [-0.3, -0.25) is 14.6 Å². The number of carbonyl (C=O) groups excluding carboxylic acids is 2. The fourth-order valence-corrected chi connectivity index (χ4v) is 4.51. The Morgan fingerprint density at radius 2 is 1.97 bits per heavy atom. The Balaban J connectivity index is 1.70. The van der Waals surface area contributed by atoms with Gasteiger partial charge in [0.25, 0.3) is 0 Å². The van der Waals surface area contributed by atoms with Crippen LogP contribution >= 0.6 is 0 Å². The van der Waals surface area contributed by atoms with Crippen molar-refractivity contribution in [2.75, 3.05) is 6.61 Å². The summed E-state index contributed by atoms with van der Waals surface area (Å²) in [5, 5.41) is 0. The molecule has 0 amide bonds. The minimum atomic E-state index is -0.635. The zero-order valence-electron chi connectivity index (χ0n) is 17.5. The molecule has 1 aliphatic heterocycles. The molecule has 0 saturated heterocycles. The fourth-order valence-electron chi connectivity index (χ4n) is 4.51. The van der Waals surface area contributed by atoms with Crippen LogP contribution in [0.5, 0.6) is 0 Å². The van der Waals surface area contributed by atoms with Gasteiger partial charge in [0.15, 0.2) is 5.78 Å². The van der Waals surface area contributed by atoms with E-state index < -0.39 is 11.8 Å². The molecule has 5 heteroatoms. The summed E-state index contributed by atoms with van der Waals surface area (Å²) in [5.74, 6) is -0.709. The number of carbonyl (C=O) groups is 2. The average Bonchev–Trinajstić information content (AvgIpc) is 3.28. The molecule has 30 heavy (non-hydrogen) atoms. The smallest absolute Gasteiger partial charge is 0.315 e. The first-order valence-corrected chi connectivity index (χ1v) is 10.7. The number of allylic oxidation sites excluding steroid dienone is 2.